The van der Waals surface area contributed by atoms with Gasteiger partial charge in [-0.15, -0.1) is 11.3 Å². The third-order valence-corrected chi connectivity index (χ3v) is 5.49. The van der Waals surface area contributed by atoms with Crippen molar-refractivity contribution in [2.24, 2.45) is 0 Å². The Labute approximate surface area is 139 Å². The summed E-state index contributed by atoms with van der Waals surface area (Å²) in [4.78, 5) is 1.32. The molecule has 1 unspecified atom stereocenters. The first-order chi connectivity index (χ1) is 10.2. The number of hydrogen-bond donors (Lipinski definition) is 1. The molecule has 0 aliphatic heterocycles. The monoisotopic (exact) mass is 367 g/mol. The van der Waals surface area contributed by atoms with E-state index in [4.69, 9.17) is 4.74 Å². The zero-order valence-electron chi connectivity index (χ0n) is 12.8. The Balaban J connectivity index is 2.40. The quantitative estimate of drug-likeness (QED) is 0.715. The summed E-state index contributed by atoms with van der Waals surface area (Å²) in [6, 6.07) is 10.7. The van der Waals surface area contributed by atoms with Gasteiger partial charge in [0.05, 0.1) is 16.4 Å². The van der Waals surface area contributed by atoms with E-state index in [0.29, 0.717) is 6.61 Å². The molecule has 0 aliphatic rings. The summed E-state index contributed by atoms with van der Waals surface area (Å²) in [6.07, 6.45) is 1.11. The lowest BCUT2D eigenvalue weighted by Crippen LogP contribution is -2.23. The normalized spacial score (nSPS) is 12.4. The summed E-state index contributed by atoms with van der Waals surface area (Å²) >= 11 is 5.43. The van der Waals surface area contributed by atoms with Crippen LogP contribution in [0.3, 0.4) is 0 Å². The van der Waals surface area contributed by atoms with Gasteiger partial charge in [0.25, 0.3) is 0 Å². The zero-order valence-corrected chi connectivity index (χ0v) is 15.2. The number of thiophene rings is 1. The van der Waals surface area contributed by atoms with Gasteiger partial charge in [-0.05, 0) is 60.4 Å². The number of halogens is 1. The Morgan fingerprint density at radius 3 is 2.67 bits per heavy atom. The van der Waals surface area contributed by atoms with Crippen molar-refractivity contribution in [3.63, 3.8) is 0 Å². The van der Waals surface area contributed by atoms with Gasteiger partial charge in [-0.2, -0.15) is 0 Å². The van der Waals surface area contributed by atoms with E-state index in [9.17, 15) is 0 Å². The standard InChI is InChI=1S/C17H22BrNOS/c1-4-10-19-16(15-11-12(3)17(18)21-15)13-8-6-7-9-14(13)20-5-2/h6-9,11,16,19H,4-5,10H2,1-3H3. The van der Waals surface area contributed by atoms with Gasteiger partial charge in [-0.3, -0.25) is 0 Å². The number of hydrogen-bond acceptors (Lipinski definition) is 3. The maximum Gasteiger partial charge on any atom is 0.124 e. The van der Waals surface area contributed by atoms with E-state index in [1.807, 2.05) is 13.0 Å². The van der Waals surface area contributed by atoms with E-state index in [1.165, 1.54) is 19.8 Å². The highest BCUT2D eigenvalue weighted by Gasteiger charge is 2.20. The molecule has 1 atom stereocenters. The van der Waals surface area contributed by atoms with E-state index in [2.05, 4.69) is 59.4 Å². The van der Waals surface area contributed by atoms with Crippen molar-refractivity contribution < 1.29 is 4.74 Å². The molecule has 0 amide bonds. The fraction of sp³-hybridized carbons (Fsp3) is 0.412. The number of aryl methyl sites for hydroxylation is 1. The van der Waals surface area contributed by atoms with E-state index in [0.717, 1.165) is 18.7 Å². The summed E-state index contributed by atoms with van der Waals surface area (Å²) in [5, 5.41) is 3.65. The van der Waals surface area contributed by atoms with Gasteiger partial charge < -0.3 is 10.1 Å². The molecule has 2 aromatic rings. The van der Waals surface area contributed by atoms with Crippen molar-refractivity contribution in [3.05, 3.63) is 50.1 Å². The smallest absolute Gasteiger partial charge is 0.124 e. The topological polar surface area (TPSA) is 21.3 Å². The highest BCUT2D eigenvalue weighted by molar-refractivity contribution is 9.11. The van der Waals surface area contributed by atoms with E-state index in [-0.39, 0.29) is 6.04 Å². The SMILES string of the molecule is CCCNC(c1cc(C)c(Br)s1)c1ccccc1OCC. The van der Waals surface area contributed by atoms with Crippen LogP contribution in [0.5, 0.6) is 5.75 Å². The molecule has 0 fully saturated rings. The molecule has 0 spiro atoms. The van der Waals surface area contributed by atoms with E-state index >= 15 is 0 Å². The van der Waals surface area contributed by atoms with Crippen molar-refractivity contribution in [1.82, 2.24) is 5.32 Å². The maximum atomic E-state index is 5.81. The predicted octanol–water partition coefficient (Wildman–Crippen LogP) is 5.31. The van der Waals surface area contributed by atoms with Gasteiger partial charge in [-0.25, -0.2) is 0 Å². The van der Waals surface area contributed by atoms with Crippen LogP contribution in [0.4, 0.5) is 0 Å². The van der Waals surface area contributed by atoms with Crippen molar-refractivity contribution in [1.29, 1.82) is 0 Å². The van der Waals surface area contributed by atoms with Gasteiger partial charge in [-0.1, -0.05) is 25.1 Å². The second kappa shape index (κ2) is 7.97. The molecule has 0 saturated carbocycles. The van der Waals surface area contributed by atoms with Crippen LogP contribution < -0.4 is 10.1 Å². The molecule has 114 valence electrons. The average Bonchev–Trinajstić information content (AvgIpc) is 2.81. The van der Waals surface area contributed by atoms with Gasteiger partial charge >= 0.3 is 0 Å². The van der Waals surface area contributed by atoms with Gasteiger partial charge in [0, 0.05) is 10.4 Å². The largest absolute Gasteiger partial charge is 0.494 e. The average molecular weight is 368 g/mol. The Morgan fingerprint density at radius 1 is 1.29 bits per heavy atom. The number of ether oxygens (including phenoxy) is 1. The van der Waals surface area contributed by atoms with Crippen LogP contribution in [0, 0.1) is 6.92 Å². The summed E-state index contributed by atoms with van der Waals surface area (Å²) in [6.45, 7) is 8.02. The number of nitrogens with one attached hydrogen (secondary N) is 1. The number of para-hydroxylation sites is 1. The molecule has 1 aromatic heterocycles. The van der Waals surface area contributed by atoms with E-state index < -0.39 is 0 Å². The molecule has 2 nitrogen and oxygen atoms in total. The summed E-state index contributed by atoms with van der Waals surface area (Å²) in [7, 11) is 0. The number of benzene rings is 1. The second-order valence-electron chi connectivity index (χ2n) is 4.96. The molecule has 1 aromatic carbocycles. The fourth-order valence-electron chi connectivity index (χ4n) is 2.28. The lowest BCUT2D eigenvalue weighted by Gasteiger charge is -2.20. The molecule has 4 heteroatoms. The molecule has 0 saturated heterocycles. The van der Waals surface area contributed by atoms with Crippen LogP contribution in [-0.4, -0.2) is 13.2 Å². The van der Waals surface area contributed by atoms with Crippen molar-refractivity contribution in [3.8, 4) is 5.75 Å². The summed E-state index contributed by atoms with van der Waals surface area (Å²) in [5.74, 6) is 0.968. The minimum absolute atomic E-state index is 0.183. The molecule has 0 radical (unpaired) electrons. The lowest BCUT2D eigenvalue weighted by atomic mass is 10.0. The van der Waals surface area contributed by atoms with Crippen LogP contribution in [0.1, 0.15) is 42.3 Å². The van der Waals surface area contributed by atoms with Gasteiger partial charge in [0.1, 0.15) is 5.75 Å². The number of rotatable bonds is 7. The maximum absolute atomic E-state index is 5.81. The van der Waals surface area contributed by atoms with Crippen molar-refractivity contribution in [2.45, 2.75) is 33.2 Å². The van der Waals surface area contributed by atoms with Crippen LogP contribution in [-0.2, 0) is 0 Å². The minimum atomic E-state index is 0.183. The first-order valence-electron chi connectivity index (χ1n) is 7.38. The summed E-state index contributed by atoms with van der Waals surface area (Å²) < 4.78 is 7.01. The molecule has 1 heterocycles. The van der Waals surface area contributed by atoms with Crippen molar-refractivity contribution >= 4 is 27.3 Å². The molecule has 0 aliphatic carbocycles. The Bertz CT molecular complexity index is 562. The van der Waals surface area contributed by atoms with Crippen molar-refractivity contribution in [2.75, 3.05) is 13.2 Å². The first kappa shape index (κ1) is 16.5. The highest BCUT2D eigenvalue weighted by atomic mass is 79.9. The van der Waals surface area contributed by atoms with Gasteiger partial charge in [0.2, 0.25) is 0 Å². The third-order valence-electron chi connectivity index (χ3n) is 3.29. The molecule has 1 N–H and O–H groups in total. The van der Waals surface area contributed by atoms with E-state index in [1.54, 1.807) is 11.3 Å². The Morgan fingerprint density at radius 2 is 2.05 bits per heavy atom. The fourth-order valence-corrected chi connectivity index (χ4v) is 3.95. The summed E-state index contributed by atoms with van der Waals surface area (Å²) in [5.41, 5.74) is 2.49. The Kier molecular flexibility index (Phi) is 6.27. The minimum Gasteiger partial charge on any atom is -0.494 e. The molecule has 0 bridgehead atoms. The molecule has 2 rings (SSSR count). The molecule has 21 heavy (non-hydrogen) atoms. The molecular formula is C17H22BrNOS. The van der Waals surface area contributed by atoms with Crippen LogP contribution in [0.25, 0.3) is 0 Å². The van der Waals surface area contributed by atoms with Gasteiger partial charge in [0.15, 0.2) is 0 Å². The lowest BCUT2D eigenvalue weighted by molar-refractivity contribution is 0.333. The second-order valence-corrected chi connectivity index (χ2v) is 7.37. The first-order valence-corrected chi connectivity index (χ1v) is 8.99. The Hall–Kier alpha value is -0.840. The molecular weight excluding hydrogens is 346 g/mol. The third kappa shape index (κ3) is 4.09. The van der Waals surface area contributed by atoms with Crippen LogP contribution in [0.2, 0.25) is 0 Å². The van der Waals surface area contributed by atoms with Crippen LogP contribution in [0.15, 0.2) is 34.1 Å². The highest BCUT2D eigenvalue weighted by Crippen LogP contribution is 2.37. The predicted molar refractivity (Wildman–Crippen MR) is 94.5 cm³/mol. The zero-order chi connectivity index (χ0) is 15.2. The van der Waals surface area contributed by atoms with Crippen LogP contribution >= 0.6 is 27.3 Å².